The van der Waals surface area contributed by atoms with Crippen molar-refractivity contribution in [2.45, 2.75) is 5.22 Å². The predicted octanol–water partition coefficient (Wildman–Crippen LogP) is 4.17. The molecule has 0 aliphatic carbocycles. The molecule has 24 heavy (non-hydrogen) atoms. The van der Waals surface area contributed by atoms with Crippen LogP contribution in [0.4, 0.5) is 5.69 Å². The zero-order valence-corrected chi connectivity index (χ0v) is 14.4. The third kappa shape index (κ3) is 4.25. The summed E-state index contributed by atoms with van der Waals surface area (Å²) in [4.78, 5) is 16.1. The monoisotopic (exact) mass is 380 g/mol. The molecule has 3 aromatic rings. The summed E-state index contributed by atoms with van der Waals surface area (Å²) < 4.78 is 5.46. The van der Waals surface area contributed by atoms with Crippen LogP contribution in [0.25, 0.3) is 11.6 Å². The highest BCUT2D eigenvalue weighted by Gasteiger charge is 2.12. The van der Waals surface area contributed by atoms with Gasteiger partial charge in [-0.15, -0.1) is 10.2 Å². The van der Waals surface area contributed by atoms with Gasteiger partial charge in [0.15, 0.2) is 0 Å². The van der Waals surface area contributed by atoms with E-state index in [2.05, 4.69) is 20.5 Å². The molecule has 2 heterocycles. The van der Waals surface area contributed by atoms with Gasteiger partial charge in [-0.2, -0.15) is 0 Å². The molecule has 0 spiro atoms. The van der Waals surface area contributed by atoms with Crippen LogP contribution >= 0.6 is 35.0 Å². The van der Waals surface area contributed by atoms with Crippen LogP contribution in [0.3, 0.4) is 0 Å². The molecule has 0 bridgehead atoms. The lowest BCUT2D eigenvalue weighted by Crippen LogP contribution is -2.14. The average molecular weight is 381 g/mol. The molecule has 1 N–H and O–H groups in total. The molecule has 3 rings (SSSR count). The summed E-state index contributed by atoms with van der Waals surface area (Å²) in [6, 6.07) is 10.2. The van der Waals surface area contributed by atoms with Gasteiger partial charge in [0.05, 0.1) is 16.5 Å². The van der Waals surface area contributed by atoms with Crippen LogP contribution in [0.2, 0.25) is 10.0 Å². The fraction of sp³-hybridized carbons (Fsp3) is 0.0667. The van der Waals surface area contributed by atoms with Gasteiger partial charge in [-0.1, -0.05) is 41.0 Å². The second kappa shape index (κ2) is 7.65. The zero-order chi connectivity index (χ0) is 16.9. The number of hydrogen-bond acceptors (Lipinski definition) is 6. The fourth-order valence-electron chi connectivity index (χ4n) is 1.77. The lowest BCUT2D eigenvalue weighted by molar-refractivity contribution is -0.113. The van der Waals surface area contributed by atoms with Crippen LogP contribution in [0.1, 0.15) is 0 Å². The van der Waals surface area contributed by atoms with Crippen molar-refractivity contribution in [3.8, 4) is 11.6 Å². The summed E-state index contributed by atoms with van der Waals surface area (Å²) in [7, 11) is 0. The van der Waals surface area contributed by atoms with E-state index in [1.54, 1.807) is 36.5 Å². The quantitative estimate of drug-likeness (QED) is 0.668. The Morgan fingerprint density at radius 2 is 2.08 bits per heavy atom. The number of pyridine rings is 1. The molecule has 1 aromatic carbocycles. The first-order valence-corrected chi connectivity index (χ1v) is 8.48. The second-order valence-corrected chi connectivity index (χ2v) is 6.32. The molecule has 9 heteroatoms. The molecule has 0 unspecified atom stereocenters. The number of amides is 1. The van der Waals surface area contributed by atoms with Crippen molar-refractivity contribution in [2.75, 3.05) is 11.1 Å². The van der Waals surface area contributed by atoms with E-state index in [-0.39, 0.29) is 16.9 Å². The van der Waals surface area contributed by atoms with E-state index in [1.807, 2.05) is 6.07 Å². The Hall–Kier alpha value is -2.09. The van der Waals surface area contributed by atoms with Crippen molar-refractivity contribution in [3.05, 3.63) is 52.6 Å². The highest BCUT2D eigenvalue weighted by Crippen LogP contribution is 2.26. The number of thioether (sulfide) groups is 1. The number of benzene rings is 1. The molecule has 0 fully saturated rings. The summed E-state index contributed by atoms with van der Waals surface area (Å²) in [5.41, 5.74) is 1.03. The molecule has 0 atom stereocenters. The molecule has 0 saturated carbocycles. The molecule has 6 nitrogen and oxygen atoms in total. The number of halogens is 2. The molecule has 1 amide bonds. The zero-order valence-electron chi connectivity index (χ0n) is 12.1. The Labute approximate surface area is 151 Å². The SMILES string of the molecule is O=C(CSc1nnc(-c2ccccn2)o1)Nc1cc(Cl)ccc1Cl. The maximum absolute atomic E-state index is 12.0. The van der Waals surface area contributed by atoms with Crippen molar-refractivity contribution in [2.24, 2.45) is 0 Å². The van der Waals surface area contributed by atoms with Gasteiger partial charge in [0.2, 0.25) is 5.91 Å². The Kier molecular flexibility index (Phi) is 5.34. The first kappa shape index (κ1) is 16.8. The van der Waals surface area contributed by atoms with E-state index >= 15 is 0 Å². The molecule has 122 valence electrons. The number of carbonyl (C=O) groups is 1. The summed E-state index contributed by atoms with van der Waals surface area (Å²) in [6.45, 7) is 0. The minimum atomic E-state index is -0.262. The van der Waals surface area contributed by atoms with Crippen LogP contribution in [-0.2, 0) is 4.79 Å². The first-order chi connectivity index (χ1) is 11.6. The van der Waals surface area contributed by atoms with Gasteiger partial charge in [-0.25, -0.2) is 0 Å². The van der Waals surface area contributed by atoms with Gasteiger partial charge in [-0.05, 0) is 30.3 Å². The van der Waals surface area contributed by atoms with Crippen LogP contribution in [0, 0.1) is 0 Å². The van der Waals surface area contributed by atoms with Crippen molar-refractivity contribution in [1.82, 2.24) is 15.2 Å². The van der Waals surface area contributed by atoms with Gasteiger partial charge >= 0.3 is 0 Å². The van der Waals surface area contributed by atoms with Crippen LogP contribution < -0.4 is 5.32 Å². The molecule has 0 radical (unpaired) electrons. The number of hydrogen-bond donors (Lipinski definition) is 1. The molecular formula is C15H10Cl2N4O2S. The van der Waals surface area contributed by atoms with Gasteiger partial charge in [0.25, 0.3) is 11.1 Å². The van der Waals surface area contributed by atoms with Gasteiger partial charge in [0, 0.05) is 11.2 Å². The van der Waals surface area contributed by atoms with E-state index in [0.717, 1.165) is 11.8 Å². The summed E-state index contributed by atoms with van der Waals surface area (Å²) >= 11 is 13.0. The first-order valence-electron chi connectivity index (χ1n) is 6.74. The Bertz CT molecular complexity index is 858. The standard InChI is InChI=1S/C15H10Cl2N4O2S/c16-9-4-5-10(17)12(7-9)19-13(22)8-24-15-21-20-14(23-15)11-3-1-2-6-18-11/h1-7H,8H2,(H,19,22). The number of nitrogens with one attached hydrogen (secondary N) is 1. The Balaban J connectivity index is 1.59. The number of nitrogens with zero attached hydrogens (tertiary/aromatic N) is 3. The third-order valence-electron chi connectivity index (χ3n) is 2.82. The largest absolute Gasteiger partial charge is 0.410 e. The van der Waals surface area contributed by atoms with Crippen molar-refractivity contribution in [3.63, 3.8) is 0 Å². The minimum Gasteiger partial charge on any atom is -0.410 e. The number of anilines is 1. The van der Waals surface area contributed by atoms with Crippen molar-refractivity contribution < 1.29 is 9.21 Å². The topological polar surface area (TPSA) is 80.9 Å². The maximum atomic E-state index is 12.0. The Morgan fingerprint density at radius 1 is 1.21 bits per heavy atom. The lowest BCUT2D eigenvalue weighted by atomic mass is 10.3. The highest BCUT2D eigenvalue weighted by molar-refractivity contribution is 7.99. The van der Waals surface area contributed by atoms with E-state index in [9.17, 15) is 4.79 Å². The van der Waals surface area contributed by atoms with Gasteiger partial charge in [-0.3, -0.25) is 9.78 Å². The number of carbonyl (C=O) groups excluding carboxylic acids is 1. The smallest absolute Gasteiger partial charge is 0.277 e. The molecule has 0 aliphatic rings. The van der Waals surface area contributed by atoms with Crippen molar-refractivity contribution in [1.29, 1.82) is 0 Å². The summed E-state index contributed by atoms with van der Waals surface area (Å²) in [6.07, 6.45) is 1.63. The normalized spacial score (nSPS) is 10.6. The Morgan fingerprint density at radius 3 is 2.88 bits per heavy atom. The van der Waals surface area contributed by atoms with Gasteiger partial charge < -0.3 is 9.73 Å². The average Bonchev–Trinajstić information content (AvgIpc) is 3.06. The maximum Gasteiger partial charge on any atom is 0.277 e. The van der Waals surface area contributed by atoms with Crippen LogP contribution in [0.5, 0.6) is 0 Å². The van der Waals surface area contributed by atoms with E-state index in [4.69, 9.17) is 27.6 Å². The fourth-order valence-corrected chi connectivity index (χ4v) is 2.67. The minimum absolute atomic E-state index is 0.0900. The second-order valence-electron chi connectivity index (χ2n) is 4.55. The number of aromatic nitrogens is 3. The highest BCUT2D eigenvalue weighted by atomic mass is 35.5. The van der Waals surface area contributed by atoms with E-state index in [1.165, 1.54) is 0 Å². The predicted molar refractivity (Wildman–Crippen MR) is 93.3 cm³/mol. The van der Waals surface area contributed by atoms with Crippen LogP contribution in [0.15, 0.2) is 52.2 Å². The van der Waals surface area contributed by atoms with E-state index < -0.39 is 0 Å². The third-order valence-corrected chi connectivity index (χ3v) is 4.20. The summed E-state index contributed by atoms with van der Waals surface area (Å²) in [5, 5.41) is 11.6. The number of rotatable bonds is 5. The van der Waals surface area contributed by atoms with Crippen molar-refractivity contribution >= 4 is 46.6 Å². The molecule has 0 aliphatic heterocycles. The van der Waals surface area contributed by atoms with Crippen LogP contribution in [-0.4, -0.2) is 26.8 Å². The molecule has 0 saturated heterocycles. The summed E-state index contributed by atoms with van der Waals surface area (Å²) in [5.74, 6) is 0.130. The van der Waals surface area contributed by atoms with Gasteiger partial charge in [0.1, 0.15) is 5.69 Å². The lowest BCUT2D eigenvalue weighted by Gasteiger charge is -2.06. The molecular weight excluding hydrogens is 371 g/mol. The molecule has 2 aromatic heterocycles. The van der Waals surface area contributed by atoms with E-state index in [0.29, 0.717) is 27.3 Å².